The molecule has 2 heterocycles. The van der Waals surface area contributed by atoms with Gasteiger partial charge in [-0.15, -0.1) is 5.10 Å². The van der Waals surface area contributed by atoms with Crippen molar-refractivity contribution < 1.29 is 4.39 Å². The number of nitrogens with zero attached hydrogens (tertiary/aromatic N) is 6. The van der Waals surface area contributed by atoms with E-state index in [0.717, 1.165) is 24.0 Å². The fourth-order valence-corrected chi connectivity index (χ4v) is 5.14. The van der Waals surface area contributed by atoms with Crippen LogP contribution in [0.3, 0.4) is 0 Å². The first kappa shape index (κ1) is 26.2. The Hall–Kier alpha value is -4.99. The van der Waals surface area contributed by atoms with E-state index in [9.17, 15) is 14.9 Å². The molecule has 1 saturated carbocycles. The molecule has 1 aliphatic rings. The molecule has 0 aliphatic heterocycles. The zero-order valence-electron chi connectivity index (χ0n) is 21.8. The normalized spacial score (nSPS) is 14.1. The number of anilines is 2. The van der Waals surface area contributed by atoms with Crippen LogP contribution in [0.2, 0.25) is 5.02 Å². The quantitative estimate of drug-likeness (QED) is 0.197. The van der Waals surface area contributed by atoms with Gasteiger partial charge in [0.05, 0.1) is 58.6 Å². The predicted octanol–water partition coefficient (Wildman–Crippen LogP) is 7.09. The number of hydrogen-bond donors (Lipinski definition) is 2. The van der Waals surface area contributed by atoms with E-state index in [1.165, 1.54) is 18.3 Å². The van der Waals surface area contributed by atoms with Gasteiger partial charge in [-0.1, -0.05) is 59.3 Å². The molecule has 2 N–H and O–H groups in total. The van der Waals surface area contributed by atoms with Crippen LogP contribution in [0, 0.1) is 28.5 Å². The van der Waals surface area contributed by atoms with Gasteiger partial charge in [0.2, 0.25) is 0 Å². The van der Waals surface area contributed by atoms with E-state index >= 15 is 0 Å². The summed E-state index contributed by atoms with van der Waals surface area (Å²) in [5, 5.41) is 36.2. The van der Waals surface area contributed by atoms with Crippen molar-refractivity contribution in [2.45, 2.75) is 37.4 Å². The van der Waals surface area contributed by atoms with Gasteiger partial charge in [-0.25, -0.2) is 9.07 Å². The number of benzene rings is 3. The van der Waals surface area contributed by atoms with Crippen LogP contribution in [0.1, 0.15) is 59.8 Å². The molecular formula is C31H24ClFN8. The minimum absolute atomic E-state index is 0.188. The molecule has 0 radical (unpaired) electrons. The largest absolute Gasteiger partial charge is 0.376 e. The Labute approximate surface area is 241 Å². The zero-order chi connectivity index (χ0) is 28.3. The molecule has 2 aromatic heterocycles. The molecule has 8 nitrogen and oxygen atoms in total. The first-order valence-corrected chi connectivity index (χ1v) is 13.6. The highest BCUT2D eigenvalue weighted by Crippen LogP contribution is 2.38. The first-order valence-electron chi connectivity index (χ1n) is 13.2. The van der Waals surface area contributed by atoms with Gasteiger partial charge in [-0.3, -0.25) is 4.98 Å². The van der Waals surface area contributed by atoms with Crippen molar-refractivity contribution in [3.8, 4) is 12.1 Å². The van der Waals surface area contributed by atoms with Crippen molar-refractivity contribution >= 4 is 33.9 Å². The molecule has 5 aromatic rings. The molecule has 0 spiro atoms. The van der Waals surface area contributed by atoms with Crippen molar-refractivity contribution in [2.75, 3.05) is 10.6 Å². The second-order valence-electron chi connectivity index (χ2n) is 9.97. The van der Waals surface area contributed by atoms with Crippen LogP contribution in [0.25, 0.3) is 10.9 Å². The van der Waals surface area contributed by atoms with Crippen molar-refractivity contribution in [2.24, 2.45) is 0 Å². The van der Waals surface area contributed by atoms with Crippen molar-refractivity contribution in [3.63, 3.8) is 0 Å². The van der Waals surface area contributed by atoms with E-state index in [0.29, 0.717) is 44.6 Å². The summed E-state index contributed by atoms with van der Waals surface area (Å²) in [4.78, 5) is 4.46. The number of aromatic nitrogens is 4. The molecule has 0 unspecified atom stereocenters. The maximum absolute atomic E-state index is 13.8. The molecule has 0 amide bonds. The van der Waals surface area contributed by atoms with Gasteiger partial charge in [0.1, 0.15) is 17.6 Å². The highest BCUT2D eigenvalue weighted by molar-refractivity contribution is 6.35. The Bertz CT molecular complexity index is 1790. The Kier molecular flexibility index (Phi) is 7.20. The SMILES string of the molecule is N#CC[C@H](Nc1c(C#N)cnc2c(Cl)cc(N[C@@H](c3ccc(F)cc3)c3cn(C4CC4)nn3)cc12)c1ccccc1. The molecule has 0 bridgehead atoms. The summed E-state index contributed by atoms with van der Waals surface area (Å²) in [6.45, 7) is 0. The lowest BCUT2D eigenvalue weighted by molar-refractivity contribution is 0.610. The average molecular weight is 563 g/mol. The summed E-state index contributed by atoms with van der Waals surface area (Å²) in [5.41, 5.74) is 4.41. The smallest absolute Gasteiger partial charge is 0.123 e. The topological polar surface area (TPSA) is 115 Å². The molecule has 41 heavy (non-hydrogen) atoms. The lowest BCUT2D eigenvalue weighted by Crippen LogP contribution is -2.14. The van der Waals surface area contributed by atoms with Crippen LogP contribution in [0.4, 0.5) is 15.8 Å². The van der Waals surface area contributed by atoms with E-state index in [4.69, 9.17) is 11.6 Å². The third kappa shape index (κ3) is 5.54. The van der Waals surface area contributed by atoms with Gasteiger partial charge >= 0.3 is 0 Å². The molecule has 1 fully saturated rings. The van der Waals surface area contributed by atoms with E-state index in [2.05, 4.69) is 38.1 Å². The molecule has 10 heteroatoms. The van der Waals surface area contributed by atoms with E-state index in [-0.39, 0.29) is 18.3 Å². The Balaban J connectivity index is 1.43. The summed E-state index contributed by atoms with van der Waals surface area (Å²) in [7, 11) is 0. The summed E-state index contributed by atoms with van der Waals surface area (Å²) in [6.07, 6.45) is 5.72. The Morgan fingerprint density at radius 3 is 2.51 bits per heavy atom. The number of hydrogen-bond acceptors (Lipinski definition) is 7. The predicted molar refractivity (Wildman–Crippen MR) is 155 cm³/mol. The number of nitriles is 2. The molecule has 202 valence electrons. The molecule has 1 aliphatic carbocycles. The third-order valence-electron chi connectivity index (χ3n) is 7.12. The van der Waals surface area contributed by atoms with Crippen molar-refractivity contribution in [1.29, 1.82) is 10.5 Å². The molecular weight excluding hydrogens is 539 g/mol. The van der Waals surface area contributed by atoms with Gasteiger partial charge in [-0.05, 0) is 48.2 Å². The van der Waals surface area contributed by atoms with Crippen LogP contribution in [0.15, 0.2) is 79.1 Å². The van der Waals surface area contributed by atoms with E-state index in [1.807, 2.05) is 47.3 Å². The van der Waals surface area contributed by atoms with E-state index in [1.54, 1.807) is 18.2 Å². The van der Waals surface area contributed by atoms with Gasteiger partial charge in [0, 0.05) is 17.3 Å². The fourth-order valence-electron chi connectivity index (χ4n) is 4.88. The number of rotatable bonds is 9. The summed E-state index contributed by atoms with van der Waals surface area (Å²) in [6, 6.07) is 23.5. The number of nitrogens with one attached hydrogen (secondary N) is 2. The molecule has 3 aromatic carbocycles. The zero-order valence-corrected chi connectivity index (χ0v) is 22.6. The summed E-state index contributed by atoms with van der Waals surface area (Å²) >= 11 is 6.75. The average Bonchev–Trinajstić information content (AvgIpc) is 3.73. The minimum Gasteiger partial charge on any atom is -0.376 e. The van der Waals surface area contributed by atoms with Gasteiger partial charge in [0.15, 0.2) is 0 Å². The second kappa shape index (κ2) is 11.2. The van der Waals surface area contributed by atoms with Crippen LogP contribution < -0.4 is 10.6 Å². The molecule has 2 atom stereocenters. The van der Waals surface area contributed by atoms with Crippen LogP contribution in [-0.4, -0.2) is 20.0 Å². The maximum Gasteiger partial charge on any atom is 0.123 e. The van der Waals surface area contributed by atoms with Gasteiger partial charge in [-0.2, -0.15) is 10.5 Å². The minimum atomic E-state index is -0.448. The first-order chi connectivity index (χ1) is 20.0. The second-order valence-corrected chi connectivity index (χ2v) is 10.4. The van der Waals surface area contributed by atoms with Crippen molar-refractivity contribution in [1.82, 2.24) is 20.0 Å². The summed E-state index contributed by atoms with van der Waals surface area (Å²) < 4.78 is 15.7. The van der Waals surface area contributed by atoms with Crippen LogP contribution >= 0.6 is 11.6 Å². The number of halogens is 2. The lowest BCUT2D eigenvalue weighted by atomic mass is 10.0. The lowest BCUT2D eigenvalue weighted by Gasteiger charge is -2.22. The maximum atomic E-state index is 13.8. The monoisotopic (exact) mass is 562 g/mol. The fraction of sp³-hybridized carbons (Fsp3) is 0.194. The third-order valence-corrected chi connectivity index (χ3v) is 7.41. The van der Waals surface area contributed by atoms with Crippen molar-refractivity contribution in [3.05, 3.63) is 112 Å². The van der Waals surface area contributed by atoms with Gasteiger partial charge in [0.25, 0.3) is 0 Å². The highest BCUT2D eigenvalue weighted by atomic mass is 35.5. The standard InChI is InChI=1S/C31H24ClFN8/c32-26-15-23(37-30(20-6-8-22(33)9-7-20)28-18-41(40-39-28)24-10-11-24)14-25-29(21(16-35)17-36-31(25)26)38-27(12-13-34)19-4-2-1-3-5-19/h1-9,14-15,17-18,24,27,30,37H,10-12H2,(H,36,38)/t27-,30-/m0/s1. The van der Waals surface area contributed by atoms with Crippen LogP contribution in [-0.2, 0) is 0 Å². The Morgan fingerprint density at radius 2 is 1.80 bits per heavy atom. The molecule has 0 saturated heterocycles. The van der Waals surface area contributed by atoms with Crippen LogP contribution in [0.5, 0.6) is 0 Å². The molecule has 6 rings (SSSR count). The van der Waals surface area contributed by atoms with Gasteiger partial charge < -0.3 is 10.6 Å². The Morgan fingerprint density at radius 1 is 1.02 bits per heavy atom. The summed E-state index contributed by atoms with van der Waals surface area (Å²) in [5.74, 6) is -0.334. The number of pyridine rings is 1. The van der Waals surface area contributed by atoms with E-state index < -0.39 is 6.04 Å². The number of fused-ring (bicyclic) bond motifs is 1. The highest BCUT2D eigenvalue weighted by Gasteiger charge is 2.27.